The van der Waals surface area contributed by atoms with E-state index in [0.717, 1.165) is 12.8 Å². The molecule has 0 bridgehead atoms. The van der Waals surface area contributed by atoms with Crippen molar-refractivity contribution in [2.75, 3.05) is 32.8 Å². The Hall–Kier alpha value is -1.45. The van der Waals surface area contributed by atoms with Gasteiger partial charge < -0.3 is 9.64 Å². The second-order valence-electron chi connectivity index (χ2n) is 5.98. The summed E-state index contributed by atoms with van der Waals surface area (Å²) in [6.45, 7) is 3.72. The second-order valence-corrected chi connectivity index (χ2v) is 7.89. The number of carbonyl (C=O) groups excluding carboxylic acids is 1. The van der Waals surface area contributed by atoms with Crippen LogP contribution in [0.3, 0.4) is 0 Å². The molecule has 23 heavy (non-hydrogen) atoms. The highest BCUT2D eigenvalue weighted by Crippen LogP contribution is 2.21. The lowest BCUT2D eigenvalue weighted by Crippen LogP contribution is -2.52. The Kier molecular flexibility index (Phi) is 4.43. The summed E-state index contributed by atoms with van der Waals surface area (Å²) in [5.41, 5.74) is 0.491. The van der Waals surface area contributed by atoms with E-state index in [9.17, 15) is 13.2 Å². The van der Waals surface area contributed by atoms with Gasteiger partial charge in [0.15, 0.2) is 0 Å². The minimum Gasteiger partial charge on any atom is -0.368 e. The maximum Gasteiger partial charge on any atom is 0.251 e. The first kappa shape index (κ1) is 16.4. The second kappa shape index (κ2) is 6.21. The lowest BCUT2D eigenvalue weighted by Gasteiger charge is -2.34. The predicted octanol–water partition coefficient (Wildman–Crippen LogP) is -0.260. The maximum absolute atomic E-state index is 12.7. The monoisotopic (exact) mass is 342 g/mol. The van der Waals surface area contributed by atoms with Crippen LogP contribution in [0, 0.1) is 6.92 Å². The molecule has 9 heteroatoms. The molecule has 3 heterocycles. The molecule has 1 atom stereocenters. The molecule has 0 aliphatic carbocycles. The predicted molar refractivity (Wildman–Crippen MR) is 82.3 cm³/mol. The van der Waals surface area contributed by atoms with E-state index in [4.69, 9.17) is 4.74 Å². The third kappa shape index (κ3) is 3.13. The first-order valence-corrected chi connectivity index (χ1v) is 9.24. The molecule has 2 saturated heterocycles. The van der Waals surface area contributed by atoms with Crippen molar-refractivity contribution in [1.82, 2.24) is 19.0 Å². The summed E-state index contributed by atoms with van der Waals surface area (Å²) in [6.07, 6.45) is 2.84. The first-order chi connectivity index (χ1) is 10.9. The van der Waals surface area contributed by atoms with E-state index in [1.165, 1.54) is 15.2 Å². The normalized spacial score (nSPS) is 23.4. The average Bonchev–Trinajstić information content (AvgIpc) is 3.16. The van der Waals surface area contributed by atoms with Gasteiger partial charge in [-0.3, -0.25) is 9.48 Å². The Morgan fingerprint density at radius 3 is 2.52 bits per heavy atom. The van der Waals surface area contributed by atoms with Gasteiger partial charge in [0.2, 0.25) is 10.0 Å². The third-order valence-corrected chi connectivity index (χ3v) is 6.34. The SMILES string of the molecule is Cc1nn(C)cc1S(=O)(=O)N1CCN(C(=O)[C@@H]2CCCO2)CC1. The van der Waals surface area contributed by atoms with E-state index in [-0.39, 0.29) is 16.9 Å². The van der Waals surface area contributed by atoms with Crippen molar-refractivity contribution in [3.63, 3.8) is 0 Å². The summed E-state index contributed by atoms with van der Waals surface area (Å²) in [5.74, 6) is -0.0166. The van der Waals surface area contributed by atoms with Crippen LogP contribution in [0.15, 0.2) is 11.1 Å². The summed E-state index contributed by atoms with van der Waals surface area (Å²) >= 11 is 0. The van der Waals surface area contributed by atoms with Crippen molar-refractivity contribution in [2.45, 2.75) is 30.8 Å². The van der Waals surface area contributed by atoms with Gasteiger partial charge in [-0.15, -0.1) is 0 Å². The molecule has 0 saturated carbocycles. The van der Waals surface area contributed by atoms with Crippen LogP contribution < -0.4 is 0 Å². The summed E-state index contributed by atoms with van der Waals surface area (Å²) in [5, 5.41) is 4.10. The molecular formula is C14H22N4O4S. The third-order valence-electron chi connectivity index (χ3n) is 4.34. The zero-order valence-electron chi connectivity index (χ0n) is 13.4. The van der Waals surface area contributed by atoms with Gasteiger partial charge >= 0.3 is 0 Å². The van der Waals surface area contributed by atoms with Gasteiger partial charge in [-0.1, -0.05) is 0 Å². The number of piperazine rings is 1. The van der Waals surface area contributed by atoms with Crippen molar-refractivity contribution in [2.24, 2.45) is 7.05 Å². The molecule has 0 spiro atoms. The van der Waals surface area contributed by atoms with Crippen molar-refractivity contribution < 1.29 is 17.9 Å². The minimum absolute atomic E-state index is 0.0166. The van der Waals surface area contributed by atoms with Crippen molar-refractivity contribution in [1.29, 1.82) is 0 Å². The highest BCUT2D eigenvalue weighted by atomic mass is 32.2. The Bertz CT molecular complexity index is 686. The van der Waals surface area contributed by atoms with Gasteiger partial charge in [-0.2, -0.15) is 9.40 Å². The van der Waals surface area contributed by atoms with Crippen LogP contribution in [0.1, 0.15) is 18.5 Å². The molecule has 0 unspecified atom stereocenters. The molecule has 0 N–H and O–H groups in total. The van der Waals surface area contributed by atoms with Gasteiger partial charge in [0, 0.05) is 46.0 Å². The molecule has 2 fully saturated rings. The molecule has 0 aromatic carbocycles. The number of carbonyl (C=O) groups is 1. The minimum atomic E-state index is -3.56. The molecule has 2 aliphatic rings. The van der Waals surface area contributed by atoms with Gasteiger partial charge in [0.05, 0.1) is 5.69 Å². The van der Waals surface area contributed by atoms with Crippen molar-refractivity contribution in [3.05, 3.63) is 11.9 Å². The molecule has 1 aromatic heterocycles. The van der Waals surface area contributed by atoms with E-state index in [2.05, 4.69) is 5.10 Å². The van der Waals surface area contributed by atoms with E-state index < -0.39 is 10.0 Å². The summed E-state index contributed by atoms with van der Waals surface area (Å²) in [7, 11) is -1.86. The number of hydrogen-bond donors (Lipinski definition) is 0. The molecule has 0 radical (unpaired) electrons. The summed E-state index contributed by atoms with van der Waals surface area (Å²) < 4.78 is 33.7. The number of hydrogen-bond acceptors (Lipinski definition) is 5. The lowest BCUT2D eigenvalue weighted by atomic mass is 10.2. The summed E-state index contributed by atoms with van der Waals surface area (Å²) in [6, 6.07) is 0. The fraction of sp³-hybridized carbons (Fsp3) is 0.714. The molecule has 8 nitrogen and oxygen atoms in total. The Morgan fingerprint density at radius 1 is 1.30 bits per heavy atom. The van der Waals surface area contributed by atoms with Crippen LogP contribution in [0.25, 0.3) is 0 Å². The van der Waals surface area contributed by atoms with E-state index in [1.807, 2.05) is 0 Å². The molecule has 1 aromatic rings. The Morgan fingerprint density at radius 2 is 2.00 bits per heavy atom. The number of aromatic nitrogens is 2. The van der Waals surface area contributed by atoms with Gasteiger partial charge in [0.25, 0.3) is 5.91 Å². The average molecular weight is 342 g/mol. The molecule has 3 rings (SSSR count). The van der Waals surface area contributed by atoms with E-state index in [0.29, 0.717) is 38.5 Å². The van der Waals surface area contributed by atoms with Crippen LogP contribution >= 0.6 is 0 Å². The lowest BCUT2D eigenvalue weighted by molar-refractivity contribution is -0.142. The van der Waals surface area contributed by atoms with Crippen LogP contribution in [0.2, 0.25) is 0 Å². The molecule has 128 valence electrons. The number of amides is 1. The fourth-order valence-corrected chi connectivity index (χ4v) is 4.72. The zero-order valence-corrected chi connectivity index (χ0v) is 14.3. The smallest absolute Gasteiger partial charge is 0.251 e. The Labute approximate surface area is 136 Å². The van der Waals surface area contributed by atoms with Crippen LogP contribution in [0.4, 0.5) is 0 Å². The maximum atomic E-state index is 12.7. The quantitative estimate of drug-likeness (QED) is 0.756. The topological polar surface area (TPSA) is 84.7 Å². The standard InChI is InChI=1S/C14H22N4O4S/c1-11-13(10-16(2)15-11)23(20,21)18-7-5-17(6-8-18)14(19)12-4-3-9-22-12/h10,12H,3-9H2,1-2H3/t12-/m0/s1. The highest BCUT2D eigenvalue weighted by Gasteiger charge is 2.35. The first-order valence-electron chi connectivity index (χ1n) is 7.80. The van der Waals surface area contributed by atoms with E-state index >= 15 is 0 Å². The number of nitrogens with zero attached hydrogens (tertiary/aromatic N) is 4. The van der Waals surface area contributed by atoms with Crippen molar-refractivity contribution in [3.8, 4) is 0 Å². The van der Waals surface area contributed by atoms with Crippen molar-refractivity contribution >= 4 is 15.9 Å². The highest BCUT2D eigenvalue weighted by molar-refractivity contribution is 7.89. The molecular weight excluding hydrogens is 320 g/mol. The largest absolute Gasteiger partial charge is 0.368 e. The van der Waals surface area contributed by atoms with Crippen LogP contribution in [0.5, 0.6) is 0 Å². The summed E-state index contributed by atoms with van der Waals surface area (Å²) in [4.78, 5) is 14.2. The van der Waals surface area contributed by atoms with Crippen LogP contribution in [-0.4, -0.2) is 72.2 Å². The Balaban J connectivity index is 1.66. The number of rotatable bonds is 3. The van der Waals surface area contributed by atoms with Gasteiger partial charge in [-0.05, 0) is 19.8 Å². The zero-order chi connectivity index (χ0) is 16.6. The van der Waals surface area contributed by atoms with Gasteiger partial charge in [0.1, 0.15) is 11.0 Å². The number of aryl methyl sites for hydroxylation is 2. The number of sulfonamides is 1. The van der Waals surface area contributed by atoms with Crippen LogP contribution in [-0.2, 0) is 26.6 Å². The van der Waals surface area contributed by atoms with E-state index in [1.54, 1.807) is 18.9 Å². The molecule has 2 aliphatic heterocycles. The fourth-order valence-electron chi connectivity index (χ4n) is 3.10. The number of ether oxygens (including phenoxy) is 1. The molecule has 1 amide bonds. The van der Waals surface area contributed by atoms with Gasteiger partial charge in [-0.25, -0.2) is 8.42 Å².